The van der Waals surface area contributed by atoms with Gasteiger partial charge in [-0.15, -0.1) is 13.2 Å². The van der Waals surface area contributed by atoms with Crippen molar-refractivity contribution >= 4 is 24.0 Å². The first-order valence-electron chi connectivity index (χ1n) is 29.8. The van der Waals surface area contributed by atoms with Crippen molar-refractivity contribution < 1.29 is 38.1 Å². The van der Waals surface area contributed by atoms with Gasteiger partial charge in [0.1, 0.15) is 35.4 Å². The molecule has 0 aromatic heterocycles. The number of esters is 2. The SMILES string of the molecule is C.C=CCC(C=O)(COCc1ccccc1)[C@H](NC1(c2ccccc2)c2ccccc2-c2ccccc21)C(=O)OC(C)(C)C.C=CCC(COCc1ccccc1)(C(C)=O)[C@H](NC1(c2ccccc2)c2ccccc2-c2ccccc21)C(=O)OC(C)(C)C. The van der Waals surface area contributed by atoms with Crippen molar-refractivity contribution in [1.82, 2.24) is 10.6 Å². The van der Waals surface area contributed by atoms with Gasteiger partial charge >= 0.3 is 11.9 Å². The lowest BCUT2D eigenvalue weighted by Gasteiger charge is -2.44. The second-order valence-electron chi connectivity index (χ2n) is 24.6. The van der Waals surface area contributed by atoms with Crippen LogP contribution in [0.25, 0.3) is 22.3 Å². The summed E-state index contributed by atoms with van der Waals surface area (Å²) in [7, 11) is 0. The number of aldehydes is 1. The molecule has 10 rings (SSSR count). The molecule has 2 unspecified atom stereocenters. The highest BCUT2D eigenvalue weighted by atomic mass is 16.6. The average Bonchev–Trinajstić information content (AvgIpc) is 1.57. The molecular formula is C78H84N2O8. The molecule has 0 bridgehead atoms. The maximum Gasteiger partial charge on any atom is 0.324 e. The van der Waals surface area contributed by atoms with Crippen LogP contribution in [-0.4, -0.2) is 60.5 Å². The number of nitrogens with one attached hydrogen (secondary N) is 2. The average molecular weight is 1180 g/mol. The van der Waals surface area contributed by atoms with Crippen LogP contribution < -0.4 is 10.6 Å². The molecular weight excluding hydrogens is 1090 g/mol. The molecule has 4 atom stereocenters. The molecule has 0 heterocycles. The Balaban J connectivity index is 0.000000225. The Hall–Kier alpha value is -8.64. The molecule has 10 heteroatoms. The first-order chi connectivity index (χ1) is 41.9. The van der Waals surface area contributed by atoms with Crippen LogP contribution in [0.2, 0.25) is 0 Å². The summed E-state index contributed by atoms with van der Waals surface area (Å²) in [5.74, 6) is -1.23. The number of ether oxygens (including phenoxy) is 4. The fourth-order valence-corrected chi connectivity index (χ4v) is 12.5. The zero-order valence-corrected chi connectivity index (χ0v) is 51.1. The third kappa shape index (κ3) is 13.6. The molecule has 2 aliphatic rings. The summed E-state index contributed by atoms with van der Waals surface area (Å²) in [5.41, 5.74) is 6.02. The standard InChI is InChI=1S/C39H41NO4.C38H39NO4.CH4/c1-6-25-38(28(2)41,27-43-26-29-17-9-7-10-18-29)35(36(42)44-37(3,4)5)40-39(30-19-11-8-12-20-30)33-23-15-13-21-31(33)32-22-14-16-24-34(32)39;1-5-24-37(26-40,27-42-25-28-16-8-6-9-17-28)34(35(41)43-36(2,3)4)39-38(29-18-10-7-11-19-29)32-22-14-12-20-30(32)31-21-13-15-23-33(31)38;/h6-24,35,40H,1,25-27H2,2-5H3;5-23,26,34,39H,1,24-25,27H2,2-4H3;1H4/t35-,38?;34-,37?;/m11./s1. The lowest BCUT2D eigenvalue weighted by atomic mass is 9.71. The van der Waals surface area contributed by atoms with Gasteiger partial charge in [-0.1, -0.05) is 238 Å². The lowest BCUT2D eigenvalue weighted by Crippen LogP contribution is -2.63. The summed E-state index contributed by atoms with van der Waals surface area (Å²) >= 11 is 0. The largest absolute Gasteiger partial charge is 0.459 e. The number of benzene rings is 8. The number of rotatable bonds is 24. The van der Waals surface area contributed by atoms with Crippen molar-refractivity contribution in [3.05, 3.63) is 288 Å². The summed E-state index contributed by atoms with van der Waals surface area (Å²) in [5, 5.41) is 7.59. The van der Waals surface area contributed by atoms with Crippen LogP contribution >= 0.6 is 0 Å². The summed E-state index contributed by atoms with van der Waals surface area (Å²) in [6.45, 7) is 21.1. The predicted octanol–water partition coefficient (Wildman–Crippen LogP) is 15.5. The number of hydrogen-bond acceptors (Lipinski definition) is 10. The third-order valence-electron chi connectivity index (χ3n) is 16.4. The van der Waals surface area contributed by atoms with E-state index < -0.39 is 57.1 Å². The number of ketones is 1. The smallest absolute Gasteiger partial charge is 0.324 e. The van der Waals surface area contributed by atoms with Crippen LogP contribution in [0.5, 0.6) is 0 Å². The van der Waals surface area contributed by atoms with Crippen LogP contribution in [0.3, 0.4) is 0 Å². The summed E-state index contributed by atoms with van der Waals surface area (Å²) in [6, 6.07) is 70.4. The van der Waals surface area contributed by atoms with Crippen LogP contribution in [0.1, 0.15) is 113 Å². The van der Waals surface area contributed by atoms with Gasteiger partial charge < -0.3 is 23.7 Å². The van der Waals surface area contributed by atoms with Gasteiger partial charge in [0.2, 0.25) is 0 Å². The fraction of sp³-hybridized carbons (Fsp3) is 0.282. The van der Waals surface area contributed by atoms with Crippen molar-refractivity contribution in [2.75, 3.05) is 13.2 Å². The van der Waals surface area contributed by atoms with Crippen LogP contribution in [0.15, 0.2) is 244 Å². The second kappa shape index (κ2) is 28.0. The normalized spacial score (nSPS) is 15.2. The van der Waals surface area contributed by atoms with Crippen molar-refractivity contribution in [2.45, 2.75) is 116 Å². The maximum absolute atomic E-state index is 14.5. The molecule has 0 fully saturated rings. The lowest BCUT2D eigenvalue weighted by molar-refractivity contribution is -0.167. The number of hydrogen-bond donors (Lipinski definition) is 2. The number of carbonyl (C=O) groups excluding carboxylic acids is 4. The third-order valence-corrected chi connectivity index (χ3v) is 16.4. The number of Topliss-reactive ketones (excluding diaryl/α,β-unsaturated/α-hetero) is 1. The molecule has 8 aromatic rings. The molecule has 2 N–H and O–H groups in total. The van der Waals surface area contributed by atoms with Gasteiger partial charge in [0.05, 0.1) is 48.3 Å². The molecule has 88 heavy (non-hydrogen) atoms. The molecule has 8 aromatic carbocycles. The van der Waals surface area contributed by atoms with Gasteiger partial charge in [0.15, 0.2) is 0 Å². The molecule has 10 nitrogen and oxygen atoms in total. The Bertz CT molecular complexity index is 3590. The Kier molecular flexibility index (Phi) is 20.8. The fourth-order valence-electron chi connectivity index (χ4n) is 12.5. The number of allylic oxidation sites excluding steroid dienone is 2. The zero-order chi connectivity index (χ0) is 61.9. The highest BCUT2D eigenvalue weighted by molar-refractivity contribution is 5.93. The van der Waals surface area contributed by atoms with E-state index >= 15 is 0 Å². The maximum atomic E-state index is 14.5. The zero-order valence-electron chi connectivity index (χ0n) is 51.1. The van der Waals surface area contributed by atoms with Crippen LogP contribution in [-0.2, 0) is 62.4 Å². The second-order valence-corrected chi connectivity index (χ2v) is 24.6. The topological polar surface area (TPSA) is 129 Å². The summed E-state index contributed by atoms with van der Waals surface area (Å²) in [4.78, 5) is 56.0. The first kappa shape index (κ1) is 65.3. The van der Waals surface area contributed by atoms with E-state index in [4.69, 9.17) is 18.9 Å². The minimum Gasteiger partial charge on any atom is -0.459 e. The molecule has 0 saturated carbocycles. The Morgan fingerprint density at radius 1 is 0.455 bits per heavy atom. The number of fused-ring (bicyclic) bond motifs is 6. The Morgan fingerprint density at radius 2 is 0.773 bits per heavy atom. The van der Waals surface area contributed by atoms with E-state index in [0.29, 0.717) is 13.2 Å². The molecule has 0 amide bonds. The van der Waals surface area contributed by atoms with Gasteiger partial charge in [-0.2, -0.15) is 0 Å². The van der Waals surface area contributed by atoms with E-state index in [1.165, 1.54) is 6.92 Å². The van der Waals surface area contributed by atoms with Gasteiger partial charge in [-0.05, 0) is 128 Å². The van der Waals surface area contributed by atoms with Gasteiger partial charge in [0, 0.05) is 0 Å². The minimum atomic E-state index is -1.31. The van der Waals surface area contributed by atoms with Gasteiger partial charge in [0.25, 0.3) is 0 Å². The highest BCUT2D eigenvalue weighted by Gasteiger charge is 2.56. The number of carbonyl (C=O) groups is 4. The van der Waals surface area contributed by atoms with E-state index in [0.717, 1.165) is 73.0 Å². The minimum absolute atomic E-state index is 0. The van der Waals surface area contributed by atoms with Crippen LogP contribution in [0, 0.1) is 10.8 Å². The Labute approximate surface area is 521 Å². The first-order valence-corrected chi connectivity index (χ1v) is 29.8. The van der Waals surface area contributed by atoms with E-state index in [2.05, 4.69) is 96.6 Å². The summed E-state index contributed by atoms with van der Waals surface area (Å²) in [6.07, 6.45) is 4.62. The summed E-state index contributed by atoms with van der Waals surface area (Å²) < 4.78 is 24.6. The van der Waals surface area contributed by atoms with E-state index in [9.17, 15) is 19.2 Å². The van der Waals surface area contributed by atoms with Crippen molar-refractivity contribution in [3.63, 3.8) is 0 Å². The molecule has 0 spiro atoms. The molecule has 0 radical (unpaired) electrons. The monoisotopic (exact) mass is 1180 g/mol. The molecule has 0 aliphatic heterocycles. The predicted molar refractivity (Wildman–Crippen MR) is 352 cm³/mol. The van der Waals surface area contributed by atoms with E-state index in [-0.39, 0.29) is 39.3 Å². The Morgan fingerprint density at radius 3 is 1.11 bits per heavy atom. The van der Waals surface area contributed by atoms with Crippen molar-refractivity contribution in [1.29, 1.82) is 0 Å². The van der Waals surface area contributed by atoms with Gasteiger partial charge in [-0.25, -0.2) is 0 Å². The van der Waals surface area contributed by atoms with Crippen molar-refractivity contribution in [3.8, 4) is 22.3 Å². The molecule has 0 saturated heterocycles. The highest BCUT2D eigenvalue weighted by Crippen LogP contribution is 2.54. The quantitative estimate of drug-likeness (QED) is 0.0343. The molecule has 454 valence electrons. The van der Waals surface area contributed by atoms with E-state index in [1.807, 2.05) is 187 Å². The van der Waals surface area contributed by atoms with Gasteiger partial charge in [-0.3, -0.25) is 25.0 Å². The van der Waals surface area contributed by atoms with E-state index in [1.54, 1.807) is 12.2 Å². The van der Waals surface area contributed by atoms with Crippen LogP contribution in [0.4, 0.5) is 0 Å². The van der Waals surface area contributed by atoms with Crippen molar-refractivity contribution in [2.24, 2.45) is 10.8 Å². The molecule has 2 aliphatic carbocycles.